The fourth-order valence-corrected chi connectivity index (χ4v) is 1.22. The minimum Gasteiger partial charge on any atom is -0.507 e. The van der Waals surface area contributed by atoms with Gasteiger partial charge in [0.15, 0.2) is 5.82 Å². The standard InChI is InChI=1S/C10H8N2O4/c13-7-4-2-1-3-6(7)10-11-8(12-16-10)5-9(14)15/h1-4,13H,5H2,(H,14,15). The SMILES string of the molecule is O=C(O)Cc1noc(-c2ccccc2O)n1. The molecule has 1 heterocycles. The molecule has 0 unspecified atom stereocenters. The lowest BCUT2D eigenvalue weighted by atomic mass is 10.2. The van der Waals surface area contributed by atoms with Crippen LogP contribution in [0.1, 0.15) is 5.82 Å². The summed E-state index contributed by atoms with van der Waals surface area (Å²) in [5, 5.41) is 21.5. The van der Waals surface area contributed by atoms with Crippen molar-refractivity contribution in [2.75, 3.05) is 0 Å². The van der Waals surface area contributed by atoms with Crippen molar-refractivity contribution in [1.82, 2.24) is 10.1 Å². The predicted octanol–water partition coefficient (Wildman–Crippen LogP) is 1.07. The third-order valence-electron chi connectivity index (χ3n) is 1.91. The fraction of sp³-hybridized carbons (Fsp3) is 0.100. The number of hydrogen-bond acceptors (Lipinski definition) is 5. The Morgan fingerprint density at radius 3 is 2.81 bits per heavy atom. The summed E-state index contributed by atoms with van der Waals surface area (Å²) in [5.41, 5.74) is 0.381. The molecular weight excluding hydrogens is 212 g/mol. The molecular formula is C10H8N2O4. The second-order valence-electron chi connectivity index (χ2n) is 3.10. The average molecular weight is 220 g/mol. The van der Waals surface area contributed by atoms with Crippen LogP contribution >= 0.6 is 0 Å². The van der Waals surface area contributed by atoms with Gasteiger partial charge in [-0.1, -0.05) is 17.3 Å². The van der Waals surface area contributed by atoms with E-state index in [0.717, 1.165) is 0 Å². The smallest absolute Gasteiger partial charge is 0.311 e. The molecule has 2 aromatic rings. The second kappa shape index (κ2) is 4.01. The number of carboxylic acids is 1. The average Bonchev–Trinajstić information content (AvgIpc) is 2.66. The van der Waals surface area contributed by atoms with Gasteiger partial charge in [0.2, 0.25) is 0 Å². The highest BCUT2D eigenvalue weighted by atomic mass is 16.5. The Bertz CT molecular complexity index is 521. The maximum absolute atomic E-state index is 10.4. The topological polar surface area (TPSA) is 96.5 Å². The predicted molar refractivity (Wildman–Crippen MR) is 52.7 cm³/mol. The number of nitrogens with zero attached hydrogens (tertiary/aromatic N) is 2. The molecule has 0 saturated carbocycles. The van der Waals surface area contributed by atoms with Crippen molar-refractivity contribution in [2.24, 2.45) is 0 Å². The molecule has 6 nitrogen and oxygen atoms in total. The molecule has 2 N–H and O–H groups in total. The van der Waals surface area contributed by atoms with Gasteiger partial charge in [0.05, 0.1) is 5.56 Å². The van der Waals surface area contributed by atoms with Gasteiger partial charge in [-0.25, -0.2) is 0 Å². The highest BCUT2D eigenvalue weighted by Crippen LogP contribution is 2.26. The summed E-state index contributed by atoms with van der Waals surface area (Å²) < 4.78 is 4.85. The first-order chi connectivity index (χ1) is 7.66. The molecule has 0 aliphatic heterocycles. The van der Waals surface area contributed by atoms with Gasteiger partial charge in [0.1, 0.15) is 12.2 Å². The molecule has 82 valence electrons. The Morgan fingerprint density at radius 1 is 1.38 bits per heavy atom. The van der Waals surface area contributed by atoms with Gasteiger partial charge in [0.25, 0.3) is 5.89 Å². The fourth-order valence-electron chi connectivity index (χ4n) is 1.22. The number of aromatic nitrogens is 2. The van der Waals surface area contributed by atoms with E-state index in [0.29, 0.717) is 5.56 Å². The largest absolute Gasteiger partial charge is 0.507 e. The molecule has 0 aliphatic carbocycles. The van der Waals surface area contributed by atoms with Crippen molar-refractivity contribution in [2.45, 2.75) is 6.42 Å². The van der Waals surface area contributed by atoms with Crippen molar-refractivity contribution in [1.29, 1.82) is 0 Å². The maximum Gasteiger partial charge on any atom is 0.311 e. The van der Waals surface area contributed by atoms with E-state index in [4.69, 9.17) is 9.63 Å². The summed E-state index contributed by atoms with van der Waals surface area (Å²) in [6.45, 7) is 0. The van der Waals surface area contributed by atoms with Crippen molar-refractivity contribution >= 4 is 5.97 Å². The van der Waals surface area contributed by atoms with Gasteiger partial charge in [-0.15, -0.1) is 0 Å². The van der Waals surface area contributed by atoms with Crippen LogP contribution in [-0.4, -0.2) is 26.3 Å². The monoisotopic (exact) mass is 220 g/mol. The summed E-state index contributed by atoms with van der Waals surface area (Å²) in [5.74, 6) is -0.849. The molecule has 0 aliphatic rings. The van der Waals surface area contributed by atoms with Gasteiger partial charge in [-0.2, -0.15) is 4.98 Å². The number of rotatable bonds is 3. The van der Waals surface area contributed by atoms with Gasteiger partial charge in [0, 0.05) is 0 Å². The number of phenols is 1. The number of para-hydroxylation sites is 1. The molecule has 0 bridgehead atoms. The summed E-state index contributed by atoms with van der Waals surface area (Å²) in [4.78, 5) is 14.3. The number of aromatic hydroxyl groups is 1. The number of carbonyl (C=O) groups is 1. The third kappa shape index (κ3) is 2.00. The molecule has 1 aromatic carbocycles. The first-order valence-corrected chi connectivity index (χ1v) is 4.49. The van der Waals surface area contributed by atoms with Crippen LogP contribution in [0, 0.1) is 0 Å². The van der Waals surface area contributed by atoms with Crippen molar-refractivity contribution in [3.05, 3.63) is 30.1 Å². The van der Waals surface area contributed by atoms with Crippen LogP contribution in [0.3, 0.4) is 0 Å². The van der Waals surface area contributed by atoms with Crippen LogP contribution in [0.5, 0.6) is 5.75 Å². The molecule has 0 fully saturated rings. The lowest BCUT2D eigenvalue weighted by molar-refractivity contribution is -0.136. The minimum absolute atomic E-state index is 0.00743. The van der Waals surface area contributed by atoms with E-state index in [1.807, 2.05) is 0 Å². The molecule has 1 aromatic heterocycles. The molecule has 2 rings (SSSR count). The zero-order valence-corrected chi connectivity index (χ0v) is 8.12. The van der Waals surface area contributed by atoms with E-state index in [-0.39, 0.29) is 23.9 Å². The lowest BCUT2D eigenvalue weighted by Gasteiger charge is -1.96. The van der Waals surface area contributed by atoms with Crippen LogP contribution in [0.2, 0.25) is 0 Å². The van der Waals surface area contributed by atoms with E-state index >= 15 is 0 Å². The van der Waals surface area contributed by atoms with Crippen molar-refractivity contribution < 1.29 is 19.5 Å². The lowest BCUT2D eigenvalue weighted by Crippen LogP contribution is -2.01. The summed E-state index contributed by atoms with van der Waals surface area (Å²) in [6.07, 6.45) is -0.308. The van der Waals surface area contributed by atoms with Gasteiger partial charge in [-0.3, -0.25) is 4.79 Å². The number of aliphatic carboxylic acids is 1. The van der Waals surface area contributed by atoms with Crippen molar-refractivity contribution in [3.63, 3.8) is 0 Å². The van der Waals surface area contributed by atoms with Crippen LogP contribution in [0.4, 0.5) is 0 Å². The Balaban J connectivity index is 2.32. The molecule has 6 heteroatoms. The van der Waals surface area contributed by atoms with Crippen molar-refractivity contribution in [3.8, 4) is 17.2 Å². The van der Waals surface area contributed by atoms with Crippen LogP contribution in [-0.2, 0) is 11.2 Å². The first kappa shape index (κ1) is 10.2. The van der Waals surface area contributed by atoms with Gasteiger partial charge >= 0.3 is 5.97 Å². The molecule has 0 spiro atoms. The first-order valence-electron chi connectivity index (χ1n) is 4.49. The van der Waals surface area contributed by atoms with E-state index in [9.17, 15) is 9.90 Å². The molecule has 0 radical (unpaired) electrons. The quantitative estimate of drug-likeness (QED) is 0.803. The molecule has 0 amide bonds. The number of benzene rings is 1. The van der Waals surface area contributed by atoms with Gasteiger partial charge < -0.3 is 14.7 Å². The Kier molecular flexibility index (Phi) is 2.55. The van der Waals surface area contributed by atoms with Crippen LogP contribution in [0.25, 0.3) is 11.5 Å². The van der Waals surface area contributed by atoms with E-state index in [1.54, 1.807) is 18.2 Å². The Labute approximate surface area is 90.2 Å². The highest BCUT2D eigenvalue weighted by molar-refractivity contribution is 5.69. The number of phenolic OH excluding ortho intramolecular Hbond substituents is 1. The Morgan fingerprint density at radius 2 is 2.12 bits per heavy atom. The van der Waals surface area contributed by atoms with Gasteiger partial charge in [-0.05, 0) is 12.1 Å². The van der Waals surface area contributed by atoms with Crippen LogP contribution < -0.4 is 0 Å². The summed E-state index contributed by atoms with van der Waals surface area (Å²) in [6, 6.07) is 6.45. The second-order valence-corrected chi connectivity index (χ2v) is 3.10. The summed E-state index contributed by atoms with van der Waals surface area (Å²) in [7, 11) is 0. The zero-order valence-electron chi connectivity index (χ0n) is 8.12. The summed E-state index contributed by atoms with van der Waals surface area (Å²) >= 11 is 0. The molecule has 0 atom stereocenters. The number of hydrogen-bond donors (Lipinski definition) is 2. The Hall–Kier alpha value is -2.37. The normalized spacial score (nSPS) is 10.2. The maximum atomic E-state index is 10.4. The van der Waals surface area contributed by atoms with Crippen LogP contribution in [0.15, 0.2) is 28.8 Å². The molecule has 16 heavy (non-hydrogen) atoms. The minimum atomic E-state index is -1.04. The third-order valence-corrected chi connectivity index (χ3v) is 1.91. The van der Waals surface area contributed by atoms with E-state index in [2.05, 4.69) is 10.1 Å². The highest BCUT2D eigenvalue weighted by Gasteiger charge is 2.13. The molecule has 0 saturated heterocycles. The van der Waals surface area contributed by atoms with E-state index in [1.165, 1.54) is 6.07 Å². The van der Waals surface area contributed by atoms with E-state index < -0.39 is 5.97 Å². The zero-order chi connectivity index (χ0) is 11.5. The number of carboxylic acid groups (broad SMARTS) is 1.